The number of rotatable bonds is 8. The molecule has 3 rings (SSSR count). The molecule has 1 aromatic carbocycles. The van der Waals surface area contributed by atoms with Crippen molar-refractivity contribution in [3.63, 3.8) is 0 Å². The Bertz CT molecular complexity index is 561. The number of halogens is 1. The van der Waals surface area contributed by atoms with Crippen molar-refractivity contribution in [3.8, 4) is 0 Å². The molecule has 152 valence electrons. The molecule has 1 aliphatic heterocycles. The maximum absolute atomic E-state index is 14.0. The van der Waals surface area contributed by atoms with E-state index in [-0.39, 0.29) is 12.1 Å². The summed E-state index contributed by atoms with van der Waals surface area (Å²) in [5.74, 6) is 1.72. The van der Waals surface area contributed by atoms with Crippen molar-refractivity contribution in [3.05, 3.63) is 35.1 Å². The summed E-state index contributed by atoms with van der Waals surface area (Å²) in [4.78, 5) is 0. The van der Waals surface area contributed by atoms with Crippen LogP contribution >= 0.6 is 0 Å². The zero-order valence-electron chi connectivity index (χ0n) is 16.9. The molecule has 3 nitrogen and oxygen atoms in total. The number of ether oxygens (including phenoxy) is 3. The summed E-state index contributed by atoms with van der Waals surface area (Å²) in [5, 5.41) is 0. The molecule has 1 heterocycles. The molecule has 0 N–H and O–H groups in total. The fourth-order valence-electron chi connectivity index (χ4n) is 4.54. The van der Waals surface area contributed by atoms with Crippen LogP contribution in [0.25, 0.3) is 0 Å². The molecule has 1 saturated heterocycles. The van der Waals surface area contributed by atoms with E-state index in [0.717, 1.165) is 37.5 Å². The number of aryl methyl sites for hydroxylation is 1. The van der Waals surface area contributed by atoms with Crippen molar-refractivity contribution in [2.75, 3.05) is 20.3 Å². The van der Waals surface area contributed by atoms with Gasteiger partial charge < -0.3 is 14.2 Å². The highest BCUT2D eigenvalue weighted by Gasteiger charge is 2.32. The Morgan fingerprint density at radius 2 is 1.78 bits per heavy atom. The maximum Gasteiger partial charge on any atom is 0.160 e. The van der Waals surface area contributed by atoms with Gasteiger partial charge in [-0.3, -0.25) is 0 Å². The minimum atomic E-state index is -0.147. The van der Waals surface area contributed by atoms with Gasteiger partial charge in [0.2, 0.25) is 0 Å². The van der Waals surface area contributed by atoms with Crippen molar-refractivity contribution in [2.45, 2.75) is 71.2 Å². The fourth-order valence-corrected chi connectivity index (χ4v) is 4.54. The van der Waals surface area contributed by atoms with Crippen LogP contribution in [-0.4, -0.2) is 26.6 Å². The Balaban J connectivity index is 1.38. The van der Waals surface area contributed by atoms with Crippen molar-refractivity contribution >= 4 is 0 Å². The van der Waals surface area contributed by atoms with Crippen LogP contribution in [0.3, 0.4) is 0 Å². The molecule has 1 aliphatic carbocycles. The lowest BCUT2D eigenvalue weighted by Gasteiger charge is -2.37. The van der Waals surface area contributed by atoms with Gasteiger partial charge >= 0.3 is 0 Å². The smallest absolute Gasteiger partial charge is 0.160 e. The van der Waals surface area contributed by atoms with E-state index in [0.29, 0.717) is 24.0 Å². The molecule has 1 aromatic rings. The van der Waals surface area contributed by atoms with Gasteiger partial charge in [-0.15, -0.1) is 0 Å². The highest BCUT2D eigenvalue weighted by molar-refractivity contribution is 5.24. The highest BCUT2D eigenvalue weighted by Crippen LogP contribution is 2.36. The Morgan fingerprint density at radius 1 is 1.04 bits per heavy atom. The van der Waals surface area contributed by atoms with Crippen LogP contribution < -0.4 is 0 Å². The van der Waals surface area contributed by atoms with Crippen LogP contribution in [0.15, 0.2) is 18.2 Å². The van der Waals surface area contributed by atoms with E-state index in [2.05, 4.69) is 6.92 Å². The SMILES string of the molecule is CCC[C@H]1CO[C@H](C2CCC(CCc3ccc(COC)c(F)c3)CC2)OC1. The lowest BCUT2D eigenvalue weighted by atomic mass is 9.79. The first-order valence-corrected chi connectivity index (χ1v) is 10.7. The zero-order chi connectivity index (χ0) is 19.1. The maximum atomic E-state index is 14.0. The molecule has 2 aliphatic rings. The van der Waals surface area contributed by atoms with Crippen molar-refractivity contribution in [2.24, 2.45) is 17.8 Å². The fraction of sp³-hybridized carbons (Fsp3) is 0.739. The quantitative estimate of drug-likeness (QED) is 0.598. The van der Waals surface area contributed by atoms with E-state index in [1.807, 2.05) is 12.1 Å². The van der Waals surface area contributed by atoms with Crippen molar-refractivity contribution in [1.29, 1.82) is 0 Å². The second-order valence-corrected chi connectivity index (χ2v) is 8.37. The normalized spacial score (nSPS) is 29.0. The van der Waals surface area contributed by atoms with Crippen LogP contribution in [-0.2, 0) is 27.2 Å². The van der Waals surface area contributed by atoms with Gasteiger partial charge in [0.05, 0.1) is 19.8 Å². The van der Waals surface area contributed by atoms with Crippen LogP contribution in [0.1, 0.15) is 63.0 Å². The summed E-state index contributed by atoms with van der Waals surface area (Å²) in [5.41, 5.74) is 1.73. The van der Waals surface area contributed by atoms with E-state index in [1.165, 1.54) is 38.5 Å². The average Bonchev–Trinajstić information content (AvgIpc) is 2.70. The van der Waals surface area contributed by atoms with Crippen LogP contribution in [0.5, 0.6) is 0 Å². The predicted octanol–water partition coefficient (Wildman–Crippen LogP) is 5.50. The number of benzene rings is 1. The molecule has 0 radical (unpaired) electrons. The first kappa shape index (κ1) is 20.8. The van der Waals surface area contributed by atoms with Crippen molar-refractivity contribution < 1.29 is 18.6 Å². The minimum absolute atomic E-state index is 0.0153. The second-order valence-electron chi connectivity index (χ2n) is 8.37. The zero-order valence-corrected chi connectivity index (χ0v) is 16.9. The van der Waals surface area contributed by atoms with Gasteiger partial charge in [-0.05, 0) is 62.5 Å². The van der Waals surface area contributed by atoms with Gasteiger partial charge in [0.15, 0.2) is 6.29 Å². The van der Waals surface area contributed by atoms with Gasteiger partial charge in [0, 0.05) is 24.5 Å². The largest absolute Gasteiger partial charge is 0.380 e. The van der Waals surface area contributed by atoms with Gasteiger partial charge in [-0.25, -0.2) is 4.39 Å². The topological polar surface area (TPSA) is 27.7 Å². The molecule has 0 unspecified atom stereocenters. The monoisotopic (exact) mass is 378 g/mol. The van der Waals surface area contributed by atoms with Gasteiger partial charge in [0.25, 0.3) is 0 Å². The molecule has 2 fully saturated rings. The van der Waals surface area contributed by atoms with Gasteiger partial charge in [-0.1, -0.05) is 25.5 Å². The molecular weight excluding hydrogens is 343 g/mol. The average molecular weight is 379 g/mol. The van der Waals surface area contributed by atoms with Crippen LogP contribution in [0.2, 0.25) is 0 Å². The summed E-state index contributed by atoms with van der Waals surface area (Å²) >= 11 is 0. The summed E-state index contributed by atoms with van der Waals surface area (Å²) < 4.78 is 31.1. The van der Waals surface area contributed by atoms with E-state index in [1.54, 1.807) is 13.2 Å². The number of hydrogen-bond donors (Lipinski definition) is 0. The highest BCUT2D eigenvalue weighted by atomic mass is 19.1. The second kappa shape index (κ2) is 10.5. The lowest BCUT2D eigenvalue weighted by Crippen LogP contribution is -2.38. The summed E-state index contributed by atoms with van der Waals surface area (Å²) in [6.45, 7) is 4.28. The number of hydrogen-bond acceptors (Lipinski definition) is 3. The molecule has 0 atom stereocenters. The minimum Gasteiger partial charge on any atom is -0.380 e. The van der Waals surface area contributed by atoms with E-state index in [9.17, 15) is 4.39 Å². The molecule has 0 aromatic heterocycles. The third-order valence-corrected chi connectivity index (χ3v) is 6.22. The third-order valence-electron chi connectivity index (χ3n) is 6.22. The standard InChI is InChI=1S/C23H35FO3/c1-3-4-19-14-26-23(27-15-19)20-10-7-17(8-11-20)5-6-18-9-12-21(16-25-2)22(24)13-18/h9,12-13,17,19-20,23H,3-8,10-11,14-16H2,1-2H3/t17?,19-,20?,23-. The molecule has 1 saturated carbocycles. The molecule has 4 heteroatoms. The summed E-state index contributed by atoms with van der Waals surface area (Å²) in [7, 11) is 1.59. The lowest BCUT2D eigenvalue weighted by molar-refractivity contribution is -0.230. The van der Waals surface area contributed by atoms with Crippen molar-refractivity contribution in [1.82, 2.24) is 0 Å². The van der Waals surface area contributed by atoms with Gasteiger partial charge in [-0.2, -0.15) is 0 Å². The molecular formula is C23H35FO3. The Morgan fingerprint density at radius 3 is 2.41 bits per heavy atom. The first-order chi connectivity index (χ1) is 13.2. The van der Waals surface area contributed by atoms with Gasteiger partial charge in [0.1, 0.15) is 5.82 Å². The predicted molar refractivity (Wildman–Crippen MR) is 105 cm³/mol. The summed E-state index contributed by atoms with van der Waals surface area (Å²) in [6, 6.07) is 5.57. The third kappa shape index (κ3) is 6.00. The Kier molecular flexibility index (Phi) is 8.10. The molecule has 0 spiro atoms. The van der Waals surface area contributed by atoms with E-state index < -0.39 is 0 Å². The number of methoxy groups -OCH3 is 1. The summed E-state index contributed by atoms with van der Waals surface area (Å²) in [6.07, 6.45) is 9.35. The molecule has 0 bridgehead atoms. The Labute approximate surface area is 163 Å². The van der Waals surface area contributed by atoms with E-state index >= 15 is 0 Å². The Hall–Kier alpha value is -0.970. The first-order valence-electron chi connectivity index (χ1n) is 10.7. The molecule has 27 heavy (non-hydrogen) atoms. The molecule has 0 amide bonds. The van der Waals surface area contributed by atoms with Crippen LogP contribution in [0, 0.1) is 23.6 Å². The van der Waals surface area contributed by atoms with E-state index in [4.69, 9.17) is 14.2 Å². The van der Waals surface area contributed by atoms with Crippen LogP contribution in [0.4, 0.5) is 4.39 Å².